The number of piperazine rings is 1. The van der Waals surface area contributed by atoms with E-state index in [1.165, 1.54) is 30.7 Å². The zero-order chi connectivity index (χ0) is 24.9. The van der Waals surface area contributed by atoms with E-state index in [9.17, 15) is 13.7 Å². The lowest BCUT2D eigenvalue weighted by Crippen LogP contribution is -2.59. The van der Waals surface area contributed by atoms with Gasteiger partial charge in [-0.3, -0.25) is 0 Å². The minimum Gasteiger partial charge on any atom is -0.493 e. The van der Waals surface area contributed by atoms with E-state index in [4.69, 9.17) is 9.47 Å². The van der Waals surface area contributed by atoms with Crippen LogP contribution in [0.4, 0.5) is 5.69 Å². The topological polar surface area (TPSA) is 107 Å². The molecule has 9 nitrogen and oxygen atoms in total. The van der Waals surface area contributed by atoms with Crippen LogP contribution in [-0.4, -0.2) is 63.5 Å². The van der Waals surface area contributed by atoms with Crippen molar-refractivity contribution >= 4 is 21.7 Å². The number of guanidine groups is 1. The van der Waals surface area contributed by atoms with Gasteiger partial charge in [0.05, 0.1) is 19.1 Å². The minimum atomic E-state index is -3.79. The van der Waals surface area contributed by atoms with Gasteiger partial charge in [0.15, 0.2) is 11.5 Å². The van der Waals surface area contributed by atoms with Gasteiger partial charge in [0.2, 0.25) is 22.2 Å². The van der Waals surface area contributed by atoms with E-state index in [1.54, 1.807) is 6.07 Å². The number of rotatable bonds is 6. The van der Waals surface area contributed by atoms with Crippen LogP contribution in [0.3, 0.4) is 0 Å². The Hall–Kier alpha value is -3.29. The van der Waals surface area contributed by atoms with Gasteiger partial charge < -0.3 is 19.7 Å². The Bertz CT molecular complexity index is 1190. The fourth-order valence-electron chi connectivity index (χ4n) is 4.00. The number of ether oxygens (including phenoxy) is 2. The van der Waals surface area contributed by atoms with Crippen LogP contribution in [0.2, 0.25) is 0 Å². The van der Waals surface area contributed by atoms with Crippen molar-refractivity contribution in [3.63, 3.8) is 0 Å². The lowest BCUT2D eigenvalue weighted by Gasteiger charge is -2.43. The predicted octanol–water partition coefficient (Wildman–Crippen LogP) is 3.29. The van der Waals surface area contributed by atoms with Crippen molar-refractivity contribution in [1.82, 2.24) is 9.21 Å². The van der Waals surface area contributed by atoms with Gasteiger partial charge in [0, 0.05) is 37.4 Å². The number of benzene rings is 2. The Kier molecular flexibility index (Phi) is 8.02. The molecule has 0 aliphatic carbocycles. The summed E-state index contributed by atoms with van der Waals surface area (Å²) in [6.45, 7) is 6.97. The molecule has 0 bridgehead atoms. The maximum atomic E-state index is 13.6. The SMILES string of the molecule is COc1ccc(S(=O)(=O)N2CCN(/C(=N\C#N)Nc3ccccc3C)CC2C(C)C)cc1OC. The van der Waals surface area contributed by atoms with Crippen LogP contribution in [0.15, 0.2) is 52.4 Å². The van der Waals surface area contributed by atoms with E-state index in [0.29, 0.717) is 30.5 Å². The van der Waals surface area contributed by atoms with Crippen LogP contribution < -0.4 is 14.8 Å². The lowest BCUT2D eigenvalue weighted by molar-refractivity contribution is 0.156. The smallest absolute Gasteiger partial charge is 0.243 e. The second kappa shape index (κ2) is 10.8. The summed E-state index contributed by atoms with van der Waals surface area (Å²) < 4.78 is 39.3. The highest BCUT2D eigenvalue weighted by Crippen LogP contribution is 2.32. The van der Waals surface area contributed by atoms with Crippen molar-refractivity contribution in [2.45, 2.75) is 31.7 Å². The number of methoxy groups -OCH3 is 2. The van der Waals surface area contributed by atoms with Gasteiger partial charge in [-0.05, 0) is 36.6 Å². The summed E-state index contributed by atoms with van der Waals surface area (Å²) in [5, 5.41) is 12.5. The largest absolute Gasteiger partial charge is 0.493 e. The molecule has 1 atom stereocenters. The molecule has 0 amide bonds. The molecule has 2 aromatic carbocycles. The number of nitrogens with one attached hydrogen (secondary N) is 1. The number of nitriles is 1. The Labute approximate surface area is 201 Å². The molecule has 1 aliphatic rings. The molecule has 1 N–H and O–H groups in total. The number of nitrogens with zero attached hydrogens (tertiary/aromatic N) is 4. The molecular formula is C24H31N5O4S. The third-order valence-corrected chi connectivity index (χ3v) is 7.87. The molecule has 1 aliphatic heterocycles. The van der Waals surface area contributed by atoms with Crippen LogP contribution in [0.5, 0.6) is 11.5 Å². The van der Waals surface area contributed by atoms with Gasteiger partial charge in [-0.1, -0.05) is 32.0 Å². The molecule has 1 unspecified atom stereocenters. The monoisotopic (exact) mass is 485 g/mol. The number of hydrogen-bond acceptors (Lipinski definition) is 6. The van der Waals surface area contributed by atoms with E-state index in [1.807, 2.05) is 56.1 Å². The third kappa shape index (κ3) is 5.26. The molecule has 34 heavy (non-hydrogen) atoms. The number of anilines is 1. The van der Waals surface area contributed by atoms with Crippen LogP contribution in [-0.2, 0) is 10.0 Å². The van der Waals surface area contributed by atoms with Crippen LogP contribution >= 0.6 is 0 Å². The van der Waals surface area contributed by atoms with Crippen molar-refractivity contribution in [1.29, 1.82) is 5.26 Å². The number of aliphatic imine (C=N–C) groups is 1. The van der Waals surface area contributed by atoms with Gasteiger partial charge in [-0.2, -0.15) is 9.57 Å². The first-order valence-corrected chi connectivity index (χ1v) is 12.4. The summed E-state index contributed by atoms with van der Waals surface area (Å²) in [5.41, 5.74) is 1.86. The van der Waals surface area contributed by atoms with Crippen molar-refractivity contribution in [2.75, 3.05) is 39.2 Å². The third-order valence-electron chi connectivity index (χ3n) is 5.95. The molecule has 0 spiro atoms. The number of hydrogen-bond donors (Lipinski definition) is 1. The first kappa shape index (κ1) is 25.3. The van der Waals surface area contributed by atoms with E-state index < -0.39 is 10.0 Å². The van der Waals surface area contributed by atoms with Gasteiger partial charge in [-0.15, -0.1) is 4.99 Å². The summed E-state index contributed by atoms with van der Waals surface area (Å²) >= 11 is 0. The zero-order valence-electron chi connectivity index (χ0n) is 20.1. The van der Waals surface area contributed by atoms with Gasteiger partial charge in [-0.25, -0.2) is 8.42 Å². The molecule has 1 fully saturated rings. The molecule has 0 aromatic heterocycles. The molecule has 182 valence electrons. The second-order valence-electron chi connectivity index (χ2n) is 8.37. The molecule has 3 rings (SSSR count). The van der Waals surface area contributed by atoms with E-state index in [2.05, 4.69) is 10.3 Å². The zero-order valence-corrected chi connectivity index (χ0v) is 21.0. The average molecular weight is 486 g/mol. The van der Waals surface area contributed by atoms with Crippen LogP contribution in [0.25, 0.3) is 0 Å². The summed E-state index contributed by atoms with van der Waals surface area (Å²) in [5.74, 6) is 1.26. The number of aryl methyl sites for hydroxylation is 1. The first-order chi connectivity index (χ1) is 16.2. The normalized spacial score (nSPS) is 17.4. The van der Waals surface area contributed by atoms with Crippen molar-refractivity contribution < 1.29 is 17.9 Å². The molecule has 1 heterocycles. The fourth-order valence-corrected chi connectivity index (χ4v) is 5.75. The van der Waals surface area contributed by atoms with Crippen molar-refractivity contribution in [3.8, 4) is 17.7 Å². The summed E-state index contributed by atoms with van der Waals surface area (Å²) in [7, 11) is -0.816. The number of para-hydroxylation sites is 1. The van der Waals surface area contributed by atoms with E-state index in [-0.39, 0.29) is 23.4 Å². The number of sulfonamides is 1. The Morgan fingerprint density at radius 2 is 1.85 bits per heavy atom. The average Bonchev–Trinajstić information content (AvgIpc) is 2.84. The summed E-state index contributed by atoms with van der Waals surface area (Å²) in [6.07, 6.45) is 1.87. The fraction of sp³-hybridized carbons (Fsp3) is 0.417. The lowest BCUT2D eigenvalue weighted by atomic mass is 10.0. The molecule has 0 radical (unpaired) electrons. The van der Waals surface area contributed by atoms with Gasteiger partial charge >= 0.3 is 0 Å². The summed E-state index contributed by atoms with van der Waals surface area (Å²) in [6, 6.07) is 12.0. The second-order valence-corrected chi connectivity index (χ2v) is 10.3. The minimum absolute atomic E-state index is 0.0273. The molecule has 1 saturated heterocycles. The van der Waals surface area contributed by atoms with E-state index in [0.717, 1.165) is 11.3 Å². The van der Waals surface area contributed by atoms with Crippen molar-refractivity contribution in [2.24, 2.45) is 10.9 Å². The maximum Gasteiger partial charge on any atom is 0.243 e. The van der Waals surface area contributed by atoms with Gasteiger partial charge in [0.25, 0.3) is 0 Å². The highest BCUT2D eigenvalue weighted by Gasteiger charge is 2.39. The highest BCUT2D eigenvalue weighted by molar-refractivity contribution is 7.89. The van der Waals surface area contributed by atoms with Gasteiger partial charge in [0.1, 0.15) is 0 Å². The summed E-state index contributed by atoms with van der Waals surface area (Å²) in [4.78, 5) is 6.08. The predicted molar refractivity (Wildman–Crippen MR) is 131 cm³/mol. The quantitative estimate of drug-likeness (QED) is 0.380. The molecule has 2 aromatic rings. The Balaban J connectivity index is 1.89. The van der Waals surface area contributed by atoms with Crippen LogP contribution in [0, 0.1) is 24.3 Å². The Morgan fingerprint density at radius 3 is 2.47 bits per heavy atom. The van der Waals surface area contributed by atoms with Crippen LogP contribution in [0.1, 0.15) is 19.4 Å². The van der Waals surface area contributed by atoms with E-state index >= 15 is 0 Å². The highest BCUT2D eigenvalue weighted by atomic mass is 32.2. The van der Waals surface area contributed by atoms with Crippen molar-refractivity contribution in [3.05, 3.63) is 48.0 Å². The molecule has 10 heteroatoms. The standard InChI is InChI=1S/C24H31N5O4S/c1-17(2)21-15-28(24(26-16-25)27-20-9-7-6-8-18(20)3)12-13-29(21)34(30,31)19-10-11-22(32-4)23(14-19)33-5/h6-11,14,17,21H,12-13,15H2,1-5H3,(H,26,27). The Morgan fingerprint density at radius 1 is 1.15 bits per heavy atom. The molecule has 0 saturated carbocycles. The maximum absolute atomic E-state index is 13.6. The molecular weight excluding hydrogens is 454 g/mol. The first-order valence-electron chi connectivity index (χ1n) is 11.0.